The summed E-state index contributed by atoms with van der Waals surface area (Å²) in [7, 11) is -1.12. The third-order valence-corrected chi connectivity index (χ3v) is 4.19. The average molecular weight is 417 g/mol. The standard InChI is InChI=1S/C10H21Si.2BrH.Cu.Mg/c1-6-7-8-9-10(2)11(3,4)5;;;;/h2H,6-9H2,1,3-5H3;2*1H;;/q-1;;;+1;+2/p-2. The van der Waals surface area contributed by atoms with Gasteiger partial charge in [-0.1, -0.05) is 52.2 Å². The molecule has 5 heteroatoms. The maximum Gasteiger partial charge on any atom is 2.00 e. The largest absolute Gasteiger partial charge is 2.00 e. The molecule has 0 heterocycles. The van der Waals surface area contributed by atoms with Crippen LogP contribution in [0.3, 0.4) is 0 Å². The quantitative estimate of drug-likeness (QED) is 0.262. The van der Waals surface area contributed by atoms with Gasteiger partial charge in [-0.3, -0.25) is 5.20 Å². The van der Waals surface area contributed by atoms with Crippen LogP contribution in [0.1, 0.15) is 32.6 Å². The second-order valence-corrected chi connectivity index (χ2v) is 9.37. The first-order valence-corrected chi connectivity index (χ1v) is 8.10. The number of halogens is 2. The molecule has 0 nitrogen and oxygen atoms in total. The Bertz CT molecular complexity index is 138. The molecule has 0 aromatic heterocycles. The number of hydrogen-bond donors (Lipinski definition) is 0. The Balaban J connectivity index is -0.0000000833. The van der Waals surface area contributed by atoms with Crippen molar-refractivity contribution < 1.29 is 51.0 Å². The van der Waals surface area contributed by atoms with Gasteiger partial charge < -0.3 is 40.5 Å². The predicted octanol–water partition coefficient (Wildman–Crippen LogP) is -2.57. The number of allylic oxidation sites excluding steroid dienone is 1. The molecule has 0 aromatic carbocycles. The van der Waals surface area contributed by atoms with Crippen molar-refractivity contribution >= 4 is 31.1 Å². The van der Waals surface area contributed by atoms with Crippen molar-refractivity contribution in [1.82, 2.24) is 0 Å². The van der Waals surface area contributed by atoms with Crippen LogP contribution >= 0.6 is 0 Å². The fourth-order valence-corrected chi connectivity index (χ4v) is 1.87. The molecule has 0 aliphatic carbocycles. The smallest absolute Gasteiger partial charge is 1.00 e. The van der Waals surface area contributed by atoms with Crippen LogP contribution in [-0.2, 0) is 17.1 Å². The van der Waals surface area contributed by atoms with Crippen molar-refractivity contribution in [2.24, 2.45) is 0 Å². The molecular weight excluding hydrogens is 396 g/mol. The van der Waals surface area contributed by atoms with Gasteiger partial charge in [0.05, 0.1) is 0 Å². The van der Waals surface area contributed by atoms with E-state index in [0.717, 1.165) is 6.42 Å². The molecular formula is C10H21Br2CuMgSi. The van der Waals surface area contributed by atoms with Gasteiger partial charge in [0.25, 0.3) is 0 Å². The molecule has 0 unspecified atom stereocenters. The van der Waals surface area contributed by atoms with Gasteiger partial charge in [-0.05, 0) is 0 Å². The van der Waals surface area contributed by atoms with Crippen LogP contribution in [0.5, 0.6) is 0 Å². The second kappa shape index (κ2) is 16.2. The molecule has 0 aliphatic heterocycles. The van der Waals surface area contributed by atoms with Crippen molar-refractivity contribution in [3.63, 3.8) is 0 Å². The van der Waals surface area contributed by atoms with Crippen LogP contribution in [-0.4, -0.2) is 31.1 Å². The Morgan fingerprint density at radius 3 is 1.73 bits per heavy atom. The molecule has 92 valence electrons. The van der Waals surface area contributed by atoms with E-state index in [2.05, 4.69) is 26.6 Å². The van der Waals surface area contributed by atoms with Gasteiger partial charge in [0.2, 0.25) is 0 Å². The molecule has 0 saturated carbocycles. The first kappa shape index (κ1) is 30.3. The molecule has 0 bridgehead atoms. The van der Waals surface area contributed by atoms with E-state index in [1.807, 2.05) is 0 Å². The van der Waals surface area contributed by atoms with Crippen molar-refractivity contribution in [2.75, 3.05) is 0 Å². The van der Waals surface area contributed by atoms with Crippen molar-refractivity contribution in [3.05, 3.63) is 11.8 Å². The molecule has 0 N–H and O–H groups in total. The Hall–Kier alpha value is 2.20. The normalized spacial score (nSPS) is 8.53. The fraction of sp³-hybridized carbons (Fsp3) is 0.800. The van der Waals surface area contributed by atoms with Crippen LogP contribution in [0, 0.1) is 6.58 Å². The minimum atomic E-state index is -1.12. The van der Waals surface area contributed by atoms with E-state index >= 15 is 0 Å². The van der Waals surface area contributed by atoms with Crippen molar-refractivity contribution in [1.29, 1.82) is 0 Å². The van der Waals surface area contributed by atoms with Crippen LogP contribution in [0.25, 0.3) is 0 Å². The summed E-state index contributed by atoms with van der Waals surface area (Å²) in [5.41, 5.74) is 0. The Kier molecular flexibility index (Phi) is 32.8. The molecule has 0 aromatic rings. The Labute approximate surface area is 145 Å². The molecule has 0 atom stereocenters. The average Bonchev–Trinajstić information content (AvgIpc) is 1.86. The number of hydrogen-bond acceptors (Lipinski definition) is 0. The van der Waals surface area contributed by atoms with Gasteiger partial charge in [-0.15, -0.1) is 0 Å². The van der Waals surface area contributed by atoms with Gasteiger partial charge in [0.1, 0.15) is 0 Å². The summed E-state index contributed by atoms with van der Waals surface area (Å²) in [4.78, 5) is 0. The fourth-order valence-electron chi connectivity index (χ4n) is 0.940. The SMILES string of the molecule is [Br-].[Br-].[CH-]=C(CCCCC)[Si](C)(C)C.[Cu+].[Mg+2]. The van der Waals surface area contributed by atoms with E-state index in [9.17, 15) is 0 Å². The van der Waals surface area contributed by atoms with E-state index in [1.165, 1.54) is 24.5 Å². The van der Waals surface area contributed by atoms with Gasteiger partial charge >= 0.3 is 40.1 Å². The van der Waals surface area contributed by atoms with Crippen LogP contribution in [0.15, 0.2) is 5.20 Å². The van der Waals surface area contributed by atoms with E-state index in [4.69, 9.17) is 6.58 Å². The van der Waals surface area contributed by atoms with Gasteiger partial charge in [-0.2, -0.15) is 0 Å². The van der Waals surface area contributed by atoms with Gasteiger partial charge in [-0.25, -0.2) is 0 Å². The molecule has 0 fully saturated rings. The second-order valence-electron chi connectivity index (χ2n) is 4.23. The zero-order chi connectivity index (χ0) is 8.91. The molecule has 0 spiro atoms. The summed E-state index contributed by atoms with van der Waals surface area (Å²) in [5.74, 6) is 0. The van der Waals surface area contributed by atoms with Crippen LogP contribution < -0.4 is 34.0 Å². The molecule has 0 rings (SSSR count). The predicted molar refractivity (Wildman–Crippen MR) is 61.1 cm³/mol. The molecule has 0 amide bonds. The minimum Gasteiger partial charge on any atom is -1.00 e. The van der Waals surface area contributed by atoms with E-state index in [1.54, 1.807) is 0 Å². The van der Waals surface area contributed by atoms with E-state index in [-0.39, 0.29) is 74.1 Å². The molecule has 0 radical (unpaired) electrons. The Morgan fingerprint density at radius 2 is 1.47 bits per heavy atom. The summed E-state index contributed by atoms with van der Waals surface area (Å²) in [6, 6.07) is 0. The minimum absolute atomic E-state index is 0. The maximum atomic E-state index is 5.97. The first-order chi connectivity index (χ1) is 4.98. The zero-order valence-electron chi connectivity index (χ0n) is 10.2. The molecule has 0 saturated heterocycles. The summed E-state index contributed by atoms with van der Waals surface area (Å²) in [5, 5.41) is 1.28. The van der Waals surface area contributed by atoms with Crippen LogP contribution in [0.4, 0.5) is 0 Å². The number of unbranched alkanes of at least 4 members (excludes halogenated alkanes) is 2. The van der Waals surface area contributed by atoms with Gasteiger partial charge in [0.15, 0.2) is 0 Å². The monoisotopic (exact) mass is 414 g/mol. The van der Waals surface area contributed by atoms with Crippen LogP contribution in [0.2, 0.25) is 19.6 Å². The third-order valence-electron chi connectivity index (χ3n) is 2.01. The first-order valence-electron chi connectivity index (χ1n) is 4.60. The summed E-state index contributed by atoms with van der Waals surface area (Å²) in [6.45, 7) is 15.1. The van der Waals surface area contributed by atoms with Gasteiger partial charge in [0, 0.05) is 8.07 Å². The topological polar surface area (TPSA) is 0 Å². The summed E-state index contributed by atoms with van der Waals surface area (Å²) in [6.07, 6.45) is 5.06. The third kappa shape index (κ3) is 18.8. The van der Waals surface area contributed by atoms with Crippen molar-refractivity contribution in [2.45, 2.75) is 52.2 Å². The molecule has 15 heavy (non-hydrogen) atoms. The Morgan fingerprint density at radius 1 is 1.07 bits per heavy atom. The zero-order valence-corrected chi connectivity index (χ0v) is 16.7. The number of rotatable bonds is 5. The maximum absolute atomic E-state index is 5.97. The van der Waals surface area contributed by atoms with E-state index < -0.39 is 8.07 Å². The summed E-state index contributed by atoms with van der Waals surface area (Å²) < 4.78 is 0. The molecule has 0 aliphatic rings. The summed E-state index contributed by atoms with van der Waals surface area (Å²) >= 11 is 0. The van der Waals surface area contributed by atoms with E-state index in [0.29, 0.717) is 0 Å². The van der Waals surface area contributed by atoms with Crippen molar-refractivity contribution in [3.8, 4) is 0 Å².